The quantitative estimate of drug-likeness (QED) is 0.607. The van der Waals surface area contributed by atoms with Gasteiger partial charge in [-0.2, -0.15) is 0 Å². The highest BCUT2D eigenvalue weighted by Crippen LogP contribution is 2.34. The first-order chi connectivity index (χ1) is 14.5. The first kappa shape index (κ1) is 19.6. The van der Waals surface area contributed by atoms with Gasteiger partial charge in [0.2, 0.25) is 0 Å². The fourth-order valence-electron chi connectivity index (χ4n) is 3.50. The van der Waals surface area contributed by atoms with Gasteiger partial charge in [-0.3, -0.25) is 9.59 Å². The molecule has 0 atom stereocenters. The van der Waals surface area contributed by atoms with Gasteiger partial charge in [0.15, 0.2) is 0 Å². The predicted molar refractivity (Wildman–Crippen MR) is 116 cm³/mol. The summed E-state index contributed by atoms with van der Waals surface area (Å²) >= 11 is 0. The van der Waals surface area contributed by atoms with Crippen molar-refractivity contribution in [1.82, 2.24) is 0 Å². The highest BCUT2D eigenvalue weighted by atomic mass is 19.1. The van der Waals surface area contributed by atoms with Crippen molar-refractivity contribution >= 4 is 28.8 Å². The number of amides is 2. The van der Waals surface area contributed by atoms with E-state index in [1.54, 1.807) is 18.2 Å². The number of carbonyl (C=O) groups is 2. The molecule has 0 unspecified atom stereocenters. The lowest BCUT2D eigenvalue weighted by molar-refractivity contribution is -0.120. The van der Waals surface area contributed by atoms with E-state index in [0.717, 1.165) is 16.9 Å². The van der Waals surface area contributed by atoms with Crippen LogP contribution in [0.5, 0.6) is 0 Å². The SMILES string of the molecule is CCc1ccc(NC2=C(c3ccc(F)cc3)C(=O)N(c3cccc(C)c3)C2=O)cc1. The van der Waals surface area contributed by atoms with Gasteiger partial charge in [0, 0.05) is 5.69 Å². The third kappa shape index (κ3) is 3.62. The number of nitrogens with one attached hydrogen (secondary N) is 1. The maximum absolute atomic E-state index is 13.5. The minimum absolute atomic E-state index is 0.178. The topological polar surface area (TPSA) is 49.4 Å². The number of halogens is 1. The number of aryl methyl sites for hydroxylation is 2. The van der Waals surface area contributed by atoms with E-state index in [4.69, 9.17) is 0 Å². The molecule has 1 heterocycles. The number of imide groups is 1. The lowest BCUT2D eigenvalue weighted by Crippen LogP contribution is -2.32. The Labute approximate surface area is 174 Å². The Bertz CT molecular complexity index is 1150. The normalized spacial score (nSPS) is 13.9. The Hall–Kier alpha value is -3.73. The molecule has 0 saturated carbocycles. The minimum Gasteiger partial charge on any atom is -0.350 e. The minimum atomic E-state index is -0.440. The number of carbonyl (C=O) groups excluding carboxylic acids is 2. The van der Waals surface area contributed by atoms with Gasteiger partial charge < -0.3 is 5.32 Å². The zero-order valence-electron chi connectivity index (χ0n) is 16.8. The van der Waals surface area contributed by atoms with Crippen LogP contribution in [-0.2, 0) is 16.0 Å². The molecule has 150 valence electrons. The Morgan fingerprint density at radius 1 is 0.900 bits per heavy atom. The highest BCUT2D eigenvalue weighted by molar-refractivity contribution is 6.46. The van der Waals surface area contributed by atoms with Crippen molar-refractivity contribution in [3.63, 3.8) is 0 Å². The molecule has 30 heavy (non-hydrogen) atoms. The molecule has 3 aromatic carbocycles. The summed E-state index contributed by atoms with van der Waals surface area (Å²) in [5.74, 6) is -1.29. The van der Waals surface area contributed by atoms with E-state index in [-0.39, 0.29) is 11.3 Å². The second-order valence-corrected chi connectivity index (χ2v) is 7.22. The fourth-order valence-corrected chi connectivity index (χ4v) is 3.50. The van der Waals surface area contributed by atoms with E-state index < -0.39 is 17.6 Å². The van der Waals surface area contributed by atoms with E-state index in [9.17, 15) is 14.0 Å². The third-order valence-electron chi connectivity index (χ3n) is 5.11. The molecule has 4 rings (SSSR count). The molecule has 1 aliphatic heterocycles. The number of benzene rings is 3. The van der Waals surface area contributed by atoms with Crippen LogP contribution in [0.25, 0.3) is 5.57 Å². The molecule has 1 aliphatic rings. The lowest BCUT2D eigenvalue weighted by atomic mass is 10.0. The Morgan fingerprint density at radius 3 is 2.23 bits per heavy atom. The van der Waals surface area contributed by atoms with Gasteiger partial charge in [0.05, 0.1) is 11.3 Å². The first-order valence-corrected chi connectivity index (χ1v) is 9.79. The van der Waals surface area contributed by atoms with Crippen molar-refractivity contribution in [2.45, 2.75) is 20.3 Å². The average Bonchev–Trinajstić information content (AvgIpc) is 2.99. The van der Waals surface area contributed by atoms with Crippen molar-refractivity contribution in [2.24, 2.45) is 0 Å². The second-order valence-electron chi connectivity index (χ2n) is 7.22. The van der Waals surface area contributed by atoms with Crippen LogP contribution >= 0.6 is 0 Å². The smallest absolute Gasteiger partial charge is 0.282 e. The van der Waals surface area contributed by atoms with Crippen molar-refractivity contribution in [3.8, 4) is 0 Å². The molecule has 5 heteroatoms. The van der Waals surface area contributed by atoms with E-state index in [1.165, 1.54) is 29.8 Å². The summed E-state index contributed by atoms with van der Waals surface area (Å²) in [5.41, 5.74) is 4.20. The van der Waals surface area contributed by atoms with Gasteiger partial charge >= 0.3 is 0 Å². The maximum Gasteiger partial charge on any atom is 0.282 e. The van der Waals surface area contributed by atoms with Gasteiger partial charge in [-0.05, 0) is 66.4 Å². The molecule has 4 nitrogen and oxygen atoms in total. The van der Waals surface area contributed by atoms with Crippen LogP contribution in [0.1, 0.15) is 23.6 Å². The third-order valence-corrected chi connectivity index (χ3v) is 5.11. The van der Waals surface area contributed by atoms with Gasteiger partial charge in [-0.25, -0.2) is 9.29 Å². The molecule has 0 bridgehead atoms. The van der Waals surface area contributed by atoms with Crippen LogP contribution in [0.4, 0.5) is 15.8 Å². The molecular weight excluding hydrogens is 379 g/mol. The summed E-state index contributed by atoms with van der Waals surface area (Å²) < 4.78 is 13.5. The summed E-state index contributed by atoms with van der Waals surface area (Å²) in [7, 11) is 0. The molecule has 3 aromatic rings. The zero-order chi connectivity index (χ0) is 21.3. The summed E-state index contributed by atoms with van der Waals surface area (Å²) in [6.07, 6.45) is 0.905. The molecule has 0 aliphatic carbocycles. The summed E-state index contributed by atoms with van der Waals surface area (Å²) in [4.78, 5) is 27.8. The van der Waals surface area contributed by atoms with Crippen molar-refractivity contribution in [1.29, 1.82) is 0 Å². The van der Waals surface area contributed by atoms with Crippen LogP contribution < -0.4 is 10.2 Å². The average molecular weight is 400 g/mol. The lowest BCUT2D eigenvalue weighted by Gasteiger charge is -2.16. The zero-order valence-corrected chi connectivity index (χ0v) is 16.8. The summed E-state index contributed by atoms with van der Waals surface area (Å²) in [6, 6.07) is 20.5. The van der Waals surface area contributed by atoms with Crippen molar-refractivity contribution < 1.29 is 14.0 Å². The number of hydrogen-bond donors (Lipinski definition) is 1. The van der Waals surface area contributed by atoms with Crippen LogP contribution in [0.2, 0.25) is 0 Å². The Morgan fingerprint density at radius 2 is 1.60 bits per heavy atom. The molecule has 2 amide bonds. The number of hydrogen-bond acceptors (Lipinski definition) is 3. The van der Waals surface area contributed by atoms with Crippen LogP contribution in [0, 0.1) is 12.7 Å². The van der Waals surface area contributed by atoms with Gasteiger partial charge in [-0.1, -0.05) is 43.3 Å². The van der Waals surface area contributed by atoms with E-state index in [2.05, 4.69) is 12.2 Å². The molecule has 0 saturated heterocycles. The molecular formula is C25H21FN2O2. The van der Waals surface area contributed by atoms with Gasteiger partial charge in [0.1, 0.15) is 11.5 Å². The maximum atomic E-state index is 13.5. The molecule has 0 radical (unpaired) electrons. The van der Waals surface area contributed by atoms with Crippen molar-refractivity contribution in [2.75, 3.05) is 10.2 Å². The monoisotopic (exact) mass is 400 g/mol. The van der Waals surface area contributed by atoms with Gasteiger partial charge in [0.25, 0.3) is 11.8 Å². The summed E-state index contributed by atoms with van der Waals surface area (Å²) in [6.45, 7) is 3.97. The highest BCUT2D eigenvalue weighted by Gasteiger charge is 2.40. The van der Waals surface area contributed by atoms with Gasteiger partial charge in [-0.15, -0.1) is 0 Å². The van der Waals surface area contributed by atoms with Crippen LogP contribution in [0.3, 0.4) is 0 Å². The summed E-state index contributed by atoms with van der Waals surface area (Å²) in [5, 5.41) is 3.12. The molecule has 0 aromatic heterocycles. The van der Waals surface area contributed by atoms with Crippen molar-refractivity contribution in [3.05, 3.63) is 101 Å². The first-order valence-electron chi connectivity index (χ1n) is 9.79. The number of rotatable bonds is 5. The standard InChI is InChI=1S/C25H21FN2O2/c1-3-17-7-13-20(14-8-17)27-23-22(18-9-11-19(26)12-10-18)24(29)28(25(23)30)21-6-4-5-16(2)15-21/h4-15,27H,3H2,1-2H3. The number of nitrogens with zero attached hydrogens (tertiary/aromatic N) is 1. The number of anilines is 2. The molecule has 1 N–H and O–H groups in total. The Balaban J connectivity index is 1.80. The second kappa shape index (κ2) is 7.95. The fraction of sp³-hybridized carbons (Fsp3) is 0.120. The van der Waals surface area contributed by atoms with E-state index in [1.807, 2.05) is 37.3 Å². The predicted octanol–water partition coefficient (Wildman–Crippen LogP) is 5.09. The van der Waals surface area contributed by atoms with E-state index >= 15 is 0 Å². The van der Waals surface area contributed by atoms with Crippen LogP contribution in [-0.4, -0.2) is 11.8 Å². The molecule has 0 spiro atoms. The van der Waals surface area contributed by atoms with E-state index in [0.29, 0.717) is 16.9 Å². The Kier molecular flexibility index (Phi) is 5.19. The van der Waals surface area contributed by atoms with Crippen LogP contribution in [0.15, 0.2) is 78.5 Å². The molecule has 0 fully saturated rings. The largest absolute Gasteiger partial charge is 0.350 e.